The molecule has 5 nitrogen and oxygen atoms in total. The predicted molar refractivity (Wildman–Crippen MR) is 72.7 cm³/mol. The van der Waals surface area contributed by atoms with Crippen LogP contribution in [0.25, 0.3) is 5.69 Å². The molecule has 0 unspecified atom stereocenters. The molecule has 1 heterocycles. The Morgan fingerprint density at radius 1 is 1.32 bits per heavy atom. The van der Waals surface area contributed by atoms with E-state index in [1.807, 2.05) is 0 Å². The maximum Gasteiger partial charge on any atom is 0.358 e. The first-order chi connectivity index (χ1) is 8.95. The number of hydrogen-bond donors (Lipinski definition) is 1. The van der Waals surface area contributed by atoms with Gasteiger partial charge in [0, 0.05) is 5.02 Å². The average molecular weight is 321 g/mol. The van der Waals surface area contributed by atoms with Gasteiger partial charge in [-0.25, -0.2) is 9.48 Å². The molecule has 0 amide bonds. The SMILES string of the molecule is CCc1c(C(=O)O)nnn1-c1c(Cl)cc(Cl)cc1Cl. The molecule has 2 rings (SSSR count). The fourth-order valence-corrected chi connectivity index (χ4v) is 2.68. The molecule has 0 saturated heterocycles. The van der Waals surface area contributed by atoms with Crippen LogP contribution in [0.1, 0.15) is 23.1 Å². The van der Waals surface area contributed by atoms with Crippen LogP contribution in [0.5, 0.6) is 0 Å². The molecule has 19 heavy (non-hydrogen) atoms. The van der Waals surface area contributed by atoms with Gasteiger partial charge in [-0.05, 0) is 18.6 Å². The first kappa shape index (κ1) is 14.1. The van der Waals surface area contributed by atoms with E-state index in [0.717, 1.165) is 0 Å². The van der Waals surface area contributed by atoms with Crippen LogP contribution in [0, 0.1) is 0 Å². The van der Waals surface area contributed by atoms with E-state index in [1.54, 1.807) is 6.92 Å². The Hall–Kier alpha value is -1.30. The Kier molecular flexibility index (Phi) is 3.99. The maximum absolute atomic E-state index is 11.0. The number of aromatic carboxylic acids is 1. The molecule has 0 aliphatic carbocycles. The second-order valence-electron chi connectivity index (χ2n) is 3.67. The third kappa shape index (κ3) is 2.54. The van der Waals surface area contributed by atoms with E-state index in [0.29, 0.717) is 22.8 Å². The van der Waals surface area contributed by atoms with Crippen molar-refractivity contribution in [3.8, 4) is 5.69 Å². The summed E-state index contributed by atoms with van der Waals surface area (Å²) >= 11 is 18.0. The van der Waals surface area contributed by atoms with Gasteiger partial charge in [0.2, 0.25) is 0 Å². The van der Waals surface area contributed by atoms with Gasteiger partial charge in [0.15, 0.2) is 5.69 Å². The number of carboxylic acids is 1. The largest absolute Gasteiger partial charge is 0.476 e. The number of nitrogens with zero attached hydrogens (tertiary/aromatic N) is 3. The van der Waals surface area contributed by atoms with E-state index >= 15 is 0 Å². The van der Waals surface area contributed by atoms with Gasteiger partial charge in [-0.2, -0.15) is 0 Å². The highest BCUT2D eigenvalue weighted by Gasteiger charge is 2.21. The monoisotopic (exact) mass is 319 g/mol. The van der Waals surface area contributed by atoms with Gasteiger partial charge >= 0.3 is 5.97 Å². The van der Waals surface area contributed by atoms with Crippen molar-refractivity contribution >= 4 is 40.8 Å². The minimum absolute atomic E-state index is 0.121. The molecule has 0 saturated carbocycles. The number of benzene rings is 1. The zero-order valence-electron chi connectivity index (χ0n) is 9.69. The van der Waals surface area contributed by atoms with Crippen molar-refractivity contribution in [2.45, 2.75) is 13.3 Å². The lowest BCUT2D eigenvalue weighted by Gasteiger charge is -2.09. The minimum atomic E-state index is -1.15. The molecular formula is C11H8Cl3N3O2. The Balaban J connectivity index is 2.69. The fraction of sp³-hybridized carbons (Fsp3) is 0.182. The van der Waals surface area contributed by atoms with Crippen LogP contribution in [0.3, 0.4) is 0 Å². The molecule has 1 N–H and O–H groups in total. The Morgan fingerprint density at radius 3 is 2.37 bits per heavy atom. The van der Waals surface area contributed by atoms with Crippen molar-refractivity contribution in [3.05, 3.63) is 38.6 Å². The van der Waals surface area contributed by atoms with Crippen molar-refractivity contribution in [2.24, 2.45) is 0 Å². The molecule has 0 spiro atoms. The van der Waals surface area contributed by atoms with E-state index < -0.39 is 5.97 Å². The summed E-state index contributed by atoms with van der Waals surface area (Å²) in [4.78, 5) is 11.0. The zero-order valence-corrected chi connectivity index (χ0v) is 12.0. The molecule has 0 fully saturated rings. The second-order valence-corrected chi connectivity index (χ2v) is 4.92. The molecule has 0 radical (unpaired) electrons. The number of rotatable bonds is 3. The highest BCUT2D eigenvalue weighted by Crippen LogP contribution is 2.32. The van der Waals surface area contributed by atoms with Gasteiger partial charge in [0.25, 0.3) is 0 Å². The first-order valence-electron chi connectivity index (χ1n) is 5.28. The van der Waals surface area contributed by atoms with Crippen LogP contribution in [-0.4, -0.2) is 26.1 Å². The topological polar surface area (TPSA) is 68.0 Å². The summed E-state index contributed by atoms with van der Waals surface area (Å²) in [5.74, 6) is -1.15. The molecule has 2 aromatic rings. The Bertz CT molecular complexity index is 632. The minimum Gasteiger partial charge on any atom is -0.476 e. The van der Waals surface area contributed by atoms with E-state index in [9.17, 15) is 4.79 Å². The van der Waals surface area contributed by atoms with Crippen LogP contribution in [0.15, 0.2) is 12.1 Å². The van der Waals surface area contributed by atoms with Gasteiger partial charge in [-0.3, -0.25) is 0 Å². The van der Waals surface area contributed by atoms with E-state index in [2.05, 4.69) is 10.3 Å². The summed E-state index contributed by atoms with van der Waals surface area (Å²) in [6.07, 6.45) is 0.421. The number of halogens is 3. The van der Waals surface area contributed by atoms with Gasteiger partial charge in [0.1, 0.15) is 5.69 Å². The highest BCUT2D eigenvalue weighted by molar-refractivity contribution is 6.40. The summed E-state index contributed by atoms with van der Waals surface area (Å²) in [6.45, 7) is 1.79. The second kappa shape index (κ2) is 5.36. The average Bonchev–Trinajstić information content (AvgIpc) is 2.71. The van der Waals surface area contributed by atoms with Crippen LogP contribution in [0.2, 0.25) is 15.1 Å². The van der Waals surface area contributed by atoms with Crippen LogP contribution < -0.4 is 0 Å². The van der Waals surface area contributed by atoms with E-state index in [-0.39, 0.29) is 15.7 Å². The third-order valence-electron chi connectivity index (χ3n) is 2.49. The Labute approximate surface area is 123 Å². The third-order valence-corrected chi connectivity index (χ3v) is 3.29. The van der Waals surface area contributed by atoms with Crippen LogP contribution in [-0.2, 0) is 6.42 Å². The van der Waals surface area contributed by atoms with Crippen LogP contribution in [0.4, 0.5) is 0 Å². The van der Waals surface area contributed by atoms with Crippen molar-refractivity contribution in [1.29, 1.82) is 0 Å². The van der Waals surface area contributed by atoms with Crippen molar-refractivity contribution < 1.29 is 9.90 Å². The molecule has 1 aromatic carbocycles. The quantitative estimate of drug-likeness (QED) is 0.940. The highest BCUT2D eigenvalue weighted by atomic mass is 35.5. The molecule has 0 bridgehead atoms. The standard InChI is InChI=1S/C11H8Cl3N3O2/c1-2-8-9(11(18)19)15-16-17(8)10-6(13)3-5(12)4-7(10)14/h3-4H,2H2,1H3,(H,18,19). The smallest absolute Gasteiger partial charge is 0.358 e. The number of aromatic nitrogens is 3. The Morgan fingerprint density at radius 2 is 1.89 bits per heavy atom. The summed E-state index contributed by atoms with van der Waals surface area (Å²) in [5, 5.41) is 17.4. The van der Waals surface area contributed by atoms with Crippen molar-refractivity contribution in [1.82, 2.24) is 15.0 Å². The molecular weight excluding hydrogens is 312 g/mol. The normalized spacial score (nSPS) is 10.7. The summed E-state index contributed by atoms with van der Waals surface area (Å²) in [6, 6.07) is 3.01. The van der Waals surface area contributed by atoms with Crippen LogP contribution >= 0.6 is 34.8 Å². The molecule has 100 valence electrons. The summed E-state index contributed by atoms with van der Waals surface area (Å²) in [5.41, 5.74) is 0.660. The lowest BCUT2D eigenvalue weighted by atomic mass is 10.2. The maximum atomic E-state index is 11.0. The van der Waals surface area contributed by atoms with Crippen molar-refractivity contribution in [3.63, 3.8) is 0 Å². The molecule has 8 heteroatoms. The van der Waals surface area contributed by atoms with E-state index in [1.165, 1.54) is 16.8 Å². The van der Waals surface area contributed by atoms with Crippen molar-refractivity contribution in [2.75, 3.05) is 0 Å². The molecule has 0 aliphatic heterocycles. The number of carboxylic acid groups (broad SMARTS) is 1. The fourth-order valence-electron chi connectivity index (χ4n) is 1.70. The molecule has 0 atom stereocenters. The van der Waals surface area contributed by atoms with Gasteiger partial charge in [0.05, 0.1) is 15.7 Å². The molecule has 0 aliphatic rings. The predicted octanol–water partition coefficient (Wildman–Crippen LogP) is 3.49. The van der Waals surface area contributed by atoms with Gasteiger partial charge < -0.3 is 5.11 Å². The van der Waals surface area contributed by atoms with Gasteiger partial charge in [-0.1, -0.05) is 46.9 Å². The number of hydrogen-bond acceptors (Lipinski definition) is 3. The number of carbonyl (C=O) groups is 1. The van der Waals surface area contributed by atoms with Gasteiger partial charge in [-0.15, -0.1) is 5.10 Å². The molecule has 1 aromatic heterocycles. The summed E-state index contributed by atoms with van der Waals surface area (Å²) < 4.78 is 1.32. The zero-order chi connectivity index (χ0) is 14.2. The van der Waals surface area contributed by atoms with E-state index in [4.69, 9.17) is 39.9 Å². The summed E-state index contributed by atoms with van der Waals surface area (Å²) in [7, 11) is 0. The first-order valence-corrected chi connectivity index (χ1v) is 6.41. The lowest BCUT2D eigenvalue weighted by molar-refractivity contribution is 0.0689. The lowest BCUT2D eigenvalue weighted by Crippen LogP contribution is -2.06.